The minimum atomic E-state index is 0.671. The van der Waals surface area contributed by atoms with E-state index in [2.05, 4.69) is 4.67 Å². The Balaban J connectivity index is 1.97. The van der Waals surface area contributed by atoms with Crippen LogP contribution in [0.1, 0.15) is 19.3 Å². The lowest BCUT2D eigenvalue weighted by Gasteiger charge is -2.25. The molecule has 2 nitrogen and oxygen atoms in total. The molecule has 0 aromatic carbocycles. The Kier molecular flexibility index (Phi) is 1.71. The van der Waals surface area contributed by atoms with E-state index in [1.54, 1.807) is 0 Å². The molecule has 0 aliphatic carbocycles. The number of rotatable bonds is 0. The maximum atomic E-state index is 5.35. The molecule has 0 saturated carbocycles. The average molecular weight is 145 g/mol. The molecule has 2 rings (SSSR count). The fourth-order valence-corrected chi connectivity index (χ4v) is 2.55. The second-order valence-electron chi connectivity index (χ2n) is 2.75. The van der Waals surface area contributed by atoms with E-state index < -0.39 is 0 Å². The maximum Gasteiger partial charge on any atom is 0.0893 e. The molecule has 0 aromatic rings. The lowest BCUT2D eigenvalue weighted by Crippen LogP contribution is -2.30. The molecule has 2 fully saturated rings. The molecule has 52 valence electrons. The summed E-state index contributed by atoms with van der Waals surface area (Å²) in [7, 11) is 0.671. The van der Waals surface area contributed by atoms with E-state index in [-0.39, 0.29) is 0 Å². The lowest BCUT2D eigenvalue weighted by molar-refractivity contribution is 0.257. The quantitative estimate of drug-likeness (QED) is 0.477. The van der Waals surface area contributed by atoms with Crippen LogP contribution in [0.15, 0.2) is 0 Å². The highest BCUT2D eigenvalue weighted by molar-refractivity contribution is 7.29. The Morgan fingerprint density at radius 2 is 2.44 bits per heavy atom. The van der Waals surface area contributed by atoms with Crippen LogP contribution in [0.5, 0.6) is 0 Å². The van der Waals surface area contributed by atoms with E-state index in [9.17, 15) is 0 Å². The van der Waals surface area contributed by atoms with Crippen LogP contribution < -0.4 is 0 Å². The number of hydrogen-bond acceptors (Lipinski definition) is 2. The fourth-order valence-electron chi connectivity index (χ4n) is 1.51. The van der Waals surface area contributed by atoms with Crippen LogP contribution in [0.2, 0.25) is 0 Å². The lowest BCUT2D eigenvalue weighted by atomic mass is 10.1. The van der Waals surface area contributed by atoms with Gasteiger partial charge in [0.2, 0.25) is 0 Å². The van der Waals surface area contributed by atoms with Crippen LogP contribution in [0.3, 0.4) is 0 Å². The van der Waals surface area contributed by atoms with Crippen molar-refractivity contribution >= 4 is 8.96 Å². The molecule has 0 spiro atoms. The second-order valence-corrected chi connectivity index (χ2v) is 3.79. The van der Waals surface area contributed by atoms with Gasteiger partial charge in [-0.05, 0) is 12.8 Å². The Morgan fingerprint density at radius 1 is 1.44 bits per heavy atom. The predicted molar refractivity (Wildman–Crippen MR) is 38.6 cm³/mol. The Labute approximate surface area is 57.5 Å². The summed E-state index contributed by atoms with van der Waals surface area (Å²) < 4.78 is 7.82. The summed E-state index contributed by atoms with van der Waals surface area (Å²) in [6.07, 6.45) is 4.16. The van der Waals surface area contributed by atoms with Gasteiger partial charge in [-0.1, -0.05) is 6.42 Å². The van der Waals surface area contributed by atoms with Gasteiger partial charge in [0.25, 0.3) is 0 Å². The molecule has 2 aliphatic rings. The highest BCUT2D eigenvalue weighted by atomic mass is 31.1. The van der Waals surface area contributed by atoms with Crippen molar-refractivity contribution in [2.24, 2.45) is 0 Å². The third-order valence-corrected chi connectivity index (χ3v) is 3.20. The van der Waals surface area contributed by atoms with Crippen LogP contribution in [-0.2, 0) is 4.52 Å². The highest BCUT2D eigenvalue weighted by Crippen LogP contribution is 2.35. The first-order chi connectivity index (χ1) is 4.47. The Morgan fingerprint density at radius 3 is 3.33 bits per heavy atom. The zero-order chi connectivity index (χ0) is 6.10. The molecule has 2 unspecified atom stereocenters. The Hall–Kier alpha value is 0.350. The van der Waals surface area contributed by atoms with Gasteiger partial charge in [-0.3, -0.25) is 4.67 Å². The van der Waals surface area contributed by atoms with Crippen molar-refractivity contribution in [2.75, 3.05) is 13.2 Å². The van der Waals surface area contributed by atoms with Crippen LogP contribution in [0.25, 0.3) is 0 Å². The molecular formula is C6H12NOP. The summed E-state index contributed by atoms with van der Waals surface area (Å²) >= 11 is 0. The fraction of sp³-hybridized carbons (Fsp3) is 1.00. The van der Waals surface area contributed by atoms with Crippen molar-refractivity contribution in [1.82, 2.24) is 4.67 Å². The molecule has 3 heteroatoms. The van der Waals surface area contributed by atoms with Crippen molar-refractivity contribution < 1.29 is 4.52 Å². The van der Waals surface area contributed by atoms with Crippen molar-refractivity contribution in [2.45, 2.75) is 25.3 Å². The van der Waals surface area contributed by atoms with Gasteiger partial charge in [-0.2, -0.15) is 0 Å². The van der Waals surface area contributed by atoms with Crippen LogP contribution in [0.4, 0.5) is 0 Å². The third-order valence-electron chi connectivity index (χ3n) is 2.08. The first-order valence-corrected chi connectivity index (χ1v) is 4.46. The van der Waals surface area contributed by atoms with Crippen LogP contribution in [0, 0.1) is 0 Å². The van der Waals surface area contributed by atoms with E-state index in [0.29, 0.717) is 8.96 Å². The Bertz CT molecular complexity index is 97.2. The van der Waals surface area contributed by atoms with Gasteiger partial charge in [-0.15, -0.1) is 0 Å². The maximum absolute atomic E-state index is 5.35. The summed E-state index contributed by atoms with van der Waals surface area (Å²) in [5, 5.41) is 0. The highest BCUT2D eigenvalue weighted by Gasteiger charge is 2.27. The zero-order valence-electron chi connectivity index (χ0n) is 5.47. The summed E-state index contributed by atoms with van der Waals surface area (Å²) in [5.41, 5.74) is 0. The van der Waals surface area contributed by atoms with Gasteiger partial charge in [0.1, 0.15) is 0 Å². The second kappa shape index (κ2) is 2.53. The SMILES string of the molecule is C1CCN2POCC2C1. The monoisotopic (exact) mass is 145 g/mol. The van der Waals surface area contributed by atoms with Gasteiger partial charge < -0.3 is 4.52 Å². The largest absolute Gasteiger partial charge is 0.345 e. The molecule has 0 bridgehead atoms. The normalized spacial score (nSPS) is 39.3. The zero-order valence-corrected chi connectivity index (χ0v) is 6.47. The first kappa shape index (κ1) is 6.09. The standard InChI is InChI=1S/C6H12NOP/c1-2-4-7-6(3-1)5-8-9-7/h6,9H,1-5H2. The summed E-state index contributed by atoms with van der Waals surface area (Å²) in [4.78, 5) is 0. The van der Waals surface area contributed by atoms with Crippen LogP contribution >= 0.6 is 8.96 Å². The predicted octanol–water partition coefficient (Wildman–Crippen LogP) is 1.38. The molecular weight excluding hydrogens is 133 g/mol. The molecule has 9 heavy (non-hydrogen) atoms. The molecule has 2 saturated heterocycles. The van der Waals surface area contributed by atoms with E-state index in [0.717, 1.165) is 12.6 Å². The molecule has 0 amide bonds. The summed E-state index contributed by atoms with van der Waals surface area (Å²) in [5.74, 6) is 0. The number of nitrogens with zero attached hydrogens (tertiary/aromatic N) is 1. The van der Waals surface area contributed by atoms with Gasteiger partial charge in [-0.25, -0.2) is 0 Å². The van der Waals surface area contributed by atoms with Crippen LogP contribution in [-0.4, -0.2) is 23.9 Å². The molecule has 0 aromatic heterocycles. The average Bonchev–Trinajstić information content (AvgIpc) is 2.33. The smallest absolute Gasteiger partial charge is 0.0893 e. The topological polar surface area (TPSA) is 12.5 Å². The molecule has 2 aliphatic heterocycles. The van der Waals surface area contributed by atoms with Crippen molar-refractivity contribution in [3.63, 3.8) is 0 Å². The van der Waals surface area contributed by atoms with Gasteiger partial charge >= 0.3 is 0 Å². The van der Waals surface area contributed by atoms with E-state index >= 15 is 0 Å². The minimum absolute atomic E-state index is 0.671. The van der Waals surface area contributed by atoms with E-state index in [1.165, 1.54) is 25.8 Å². The summed E-state index contributed by atoms with van der Waals surface area (Å²) in [6, 6.07) is 0.789. The number of piperidine rings is 1. The van der Waals surface area contributed by atoms with Gasteiger partial charge in [0, 0.05) is 12.6 Å². The van der Waals surface area contributed by atoms with Crippen molar-refractivity contribution in [3.8, 4) is 0 Å². The minimum Gasteiger partial charge on any atom is -0.345 e. The van der Waals surface area contributed by atoms with Crippen molar-refractivity contribution in [1.29, 1.82) is 0 Å². The van der Waals surface area contributed by atoms with E-state index in [4.69, 9.17) is 4.52 Å². The third kappa shape index (κ3) is 1.12. The van der Waals surface area contributed by atoms with E-state index in [1.807, 2.05) is 0 Å². The molecule has 2 heterocycles. The number of hydrogen-bond donors (Lipinski definition) is 0. The molecule has 0 radical (unpaired) electrons. The number of fused-ring (bicyclic) bond motifs is 1. The van der Waals surface area contributed by atoms with Crippen molar-refractivity contribution in [3.05, 3.63) is 0 Å². The van der Waals surface area contributed by atoms with Gasteiger partial charge in [0.15, 0.2) is 0 Å². The molecule has 0 N–H and O–H groups in total. The van der Waals surface area contributed by atoms with Gasteiger partial charge in [0.05, 0.1) is 15.6 Å². The molecule has 2 atom stereocenters. The first-order valence-electron chi connectivity index (χ1n) is 3.61. The summed E-state index contributed by atoms with van der Waals surface area (Å²) in [6.45, 7) is 2.28.